The fourth-order valence-electron chi connectivity index (χ4n) is 2.33. The number of esters is 1. The molecule has 8 heteroatoms. The van der Waals surface area contributed by atoms with E-state index in [1.54, 1.807) is 22.9 Å². The molecule has 2 N–H and O–H groups in total. The van der Waals surface area contributed by atoms with Crippen LogP contribution >= 0.6 is 22.7 Å². The number of thiophene rings is 2. The van der Waals surface area contributed by atoms with Crippen molar-refractivity contribution in [3.63, 3.8) is 0 Å². The highest BCUT2D eigenvalue weighted by Crippen LogP contribution is 2.36. The third kappa shape index (κ3) is 4.42. The smallest absolute Gasteiger partial charge is 0.342 e. The Hall–Kier alpha value is -2.97. The molecule has 3 aromatic rings. The van der Waals surface area contributed by atoms with Gasteiger partial charge in [0, 0.05) is 18.0 Å². The van der Waals surface area contributed by atoms with Crippen molar-refractivity contribution in [1.29, 1.82) is 0 Å². The lowest BCUT2D eigenvalue weighted by Crippen LogP contribution is -2.25. The van der Waals surface area contributed by atoms with Crippen LogP contribution in [0.3, 0.4) is 0 Å². The Labute approximate surface area is 163 Å². The summed E-state index contributed by atoms with van der Waals surface area (Å²) in [5, 5.41) is 9.14. The van der Waals surface area contributed by atoms with Crippen molar-refractivity contribution in [2.24, 2.45) is 0 Å². The van der Waals surface area contributed by atoms with Gasteiger partial charge >= 0.3 is 5.97 Å². The second-order valence-corrected chi connectivity index (χ2v) is 7.23. The summed E-state index contributed by atoms with van der Waals surface area (Å²) in [6.07, 6.45) is 0. The Morgan fingerprint density at radius 3 is 2.48 bits per heavy atom. The lowest BCUT2D eigenvalue weighted by Gasteiger charge is -2.09. The van der Waals surface area contributed by atoms with Crippen molar-refractivity contribution in [2.45, 2.75) is 0 Å². The first-order valence-electron chi connectivity index (χ1n) is 7.99. The van der Waals surface area contributed by atoms with Gasteiger partial charge in [0.2, 0.25) is 0 Å². The van der Waals surface area contributed by atoms with E-state index in [-0.39, 0.29) is 11.5 Å². The zero-order valence-electron chi connectivity index (χ0n) is 14.4. The van der Waals surface area contributed by atoms with Gasteiger partial charge in [-0.05, 0) is 17.0 Å². The number of carbonyl (C=O) groups is 3. The van der Waals surface area contributed by atoms with E-state index in [0.29, 0.717) is 15.4 Å². The molecule has 138 valence electrons. The molecule has 0 aliphatic carbocycles. The van der Waals surface area contributed by atoms with Gasteiger partial charge in [0.1, 0.15) is 10.6 Å². The fourth-order valence-corrected chi connectivity index (χ4v) is 3.90. The van der Waals surface area contributed by atoms with Gasteiger partial charge in [0.15, 0.2) is 6.61 Å². The number of rotatable bonds is 6. The van der Waals surface area contributed by atoms with E-state index >= 15 is 0 Å². The van der Waals surface area contributed by atoms with Gasteiger partial charge in [0.25, 0.3) is 11.8 Å². The average Bonchev–Trinajstić information content (AvgIpc) is 3.36. The molecular weight excluding hydrogens is 384 g/mol. The first kappa shape index (κ1) is 18.8. The maximum atomic E-state index is 12.7. The molecule has 0 fully saturated rings. The summed E-state index contributed by atoms with van der Waals surface area (Å²) in [6, 6.07) is 12.8. The first-order valence-corrected chi connectivity index (χ1v) is 9.75. The van der Waals surface area contributed by atoms with E-state index in [1.807, 2.05) is 30.3 Å². The van der Waals surface area contributed by atoms with Crippen molar-refractivity contribution >= 4 is 45.5 Å². The molecule has 3 rings (SSSR count). The zero-order valence-corrected chi connectivity index (χ0v) is 16.0. The Balaban J connectivity index is 1.93. The normalized spacial score (nSPS) is 10.3. The minimum Gasteiger partial charge on any atom is -0.452 e. The Morgan fingerprint density at radius 2 is 1.81 bits per heavy atom. The molecule has 0 aliphatic heterocycles. The average molecular weight is 400 g/mol. The molecule has 0 saturated heterocycles. The highest BCUT2D eigenvalue weighted by atomic mass is 32.1. The molecule has 0 aliphatic rings. The first-order chi connectivity index (χ1) is 13.1. The van der Waals surface area contributed by atoms with Gasteiger partial charge < -0.3 is 15.4 Å². The van der Waals surface area contributed by atoms with Crippen LogP contribution in [0.25, 0.3) is 11.1 Å². The maximum absolute atomic E-state index is 12.7. The van der Waals surface area contributed by atoms with Crippen LogP contribution in [0.15, 0.2) is 53.2 Å². The summed E-state index contributed by atoms with van der Waals surface area (Å²) in [6.45, 7) is -0.391. The van der Waals surface area contributed by atoms with Crippen LogP contribution in [-0.2, 0) is 9.53 Å². The van der Waals surface area contributed by atoms with Crippen LogP contribution in [0.4, 0.5) is 5.00 Å². The van der Waals surface area contributed by atoms with Crippen LogP contribution in [0, 0.1) is 0 Å². The van der Waals surface area contributed by atoms with E-state index in [1.165, 1.54) is 29.7 Å². The SMILES string of the molecule is CNC(=O)COC(=O)c1c(-c2ccccc2)csc1NC(=O)c1cccs1. The van der Waals surface area contributed by atoms with Gasteiger partial charge in [-0.2, -0.15) is 0 Å². The number of nitrogens with one attached hydrogen (secondary N) is 2. The predicted octanol–water partition coefficient (Wildman–Crippen LogP) is 3.63. The standard InChI is InChI=1S/C19H16N2O4S2/c1-20-15(22)10-25-19(24)16-13(12-6-3-2-4-7-12)11-27-18(16)21-17(23)14-8-5-9-26-14/h2-9,11H,10H2,1H3,(H,20,22)(H,21,23). The molecule has 0 saturated carbocycles. The van der Waals surface area contributed by atoms with Crippen molar-refractivity contribution in [2.75, 3.05) is 19.0 Å². The number of benzene rings is 1. The molecule has 6 nitrogen and oxygen atoms in total. The van der Waals surface area contributed by atoms with Gasteiger partial charge in [-0.25, -0.2) is 4.79 Å². The summed E-state index contributed by atoms with van der Waals surface area (Å²) in [4.78, 5) is 37.0. The Kier molecular flexibility index (Phi) is 6.00. The largest absolute Gasteiger partial charge is 0.452 e. The summed E-state index contributed by atoms with van der Waals surface area (Å²) < 4.78 is 5.12. The maximum Gasteiger partial charge on any atom is 0.342 e. The van der Waals surface area contributed by atoms with E-state index in [2.05, 4.69) is 10.6 Å². The van der Waals surface area contributed by atoms with Crippen LogP contribution in [0.1, 0.15) is 20.0 Å². The number of carbonyl (C=O) groups excluding carboxylic acids is 3. The predicted molar refractivity (Wildman–Crippen MR) is 106 cm³/mol. The quantitative estimate of drug-likeness (QED) is 0.619. The summed E-state index contributed by atoms with van der Waals surface area (Å²) in [5.41, 5.74) is 1.70. The van der Waals surface area contributed by atoms with Crippen molar-refractivity contribution in [1.82, 2.24) is 5.32 Å². The number of hydrogen-bond acceptors (Lipinski definition) is 6. The number of ether oxygens (including phenoxy) is 1. The minimum atomic E-state index is -0.666. The minimum absolute atomic E-state index is 0.236. The van der Waals surface area contributed by atoms with Crippen molar-refractivity contribution in [3.05, 3.63) is 63.7 Å². The van der Waals surface area contributed by atoms with Crippen LogP contribution < -0.4 is 10.6 Å². The van der Waals surface area contributed by atoms with Crippen LogP contribution in [0.5, 0.6) is 0 Å². The molecule has 2 amide bonds. The summed E-state index contributed by atoms with van der Waals surface area (Å²) >= 11 is 2.54. The van der Waals surface area contributed by atoms with Crippen LogP contribution in [0.2, 0.25) is 0 Å². The highest BCUT2D eigenvalue weighted by Gasteiger charge is 2.24. The van der Waals surface area contributed by atoms with Crippen molar-refractivity contribution < 1.29 is 19.1 Å². The zero-order chi connectivity index (χ0) is 19.2. The lowest BCUT2D eigenvalue weighted by atomic mass is 10.0. The lowest BCUT2D eigenvalue weighted by molar-refractivity contribution is -0.123. The molecule has 1 aromatic carbocycles. The molecule has 2 heterocycles. The van der Waals surface area contributed by atoms with E-state index in [9.17, 15) is 14.4 Å². The molecular formula is C19H16N2O4S2. The third-order valence-corrected chi connectivity index (χ3v) is 5.43. The summed E-state index contributed by atoms with van der Waals surface area (Å²) in [7, 11) is 1.46. The second kappa shape index (κ2) is 8.61. The number of amides is 2. The van der Waals surface area contributed by atoms with E-state index in [4.69, 9.17) is 4.74 Å². The van der Waals surface area contributed by atoms with Gasteiger partial charge in [-0.15, -0.1) is 22.7 Å². The third-order valence-electron chi connectivity index (χ3n) is 3.67. The molecule has 27 heavy (non-hydrogen) atoms. The molecule has 0 atom stereocenters. The highest BCUT2D eigenvalue weighted by molar-refractivity contribution is 7.15. The van der Waals surface area contributed by atoms with Crippen LogP contribution in [-0.4, -0.2) is 31.4 Å². The monoisotopic (exact) mass is 400 g/mol. The second-order valence-electron chi connectivity index (χ2n) is 5.40. The molecule has 0 bridgehead atoms. The van der Waals surface area contributed by atoms with Gasteiger partial charge in [-0.1, -0.05) is 36.4 Å². The van der Waals surface area contributed by atoms with Crippen molar-refractivity contribution in [3.8, 4) is 11.1 Å². The molecule has 0 unspecified atom stereocenters. The Morgan fingerprint density at radius 1 is 1.04 bits per heavy atom. The van der Waals surface area contributed by atoms with E-state index in [0.717, 1.165) is 5.56 Å². The molecule has 2 aromatic heterocycles. The Bertz CT molecular complexity index is 950. The summed E-state index contributed by atoms with van der Waals surface area (Å²) in [5.74, 6) is -1.38. The number of anilines is 1. The van der Waals surface area contributed by atoms with E-state index < -0.39 is 18.5 Å². The molecule has 0 spiro atoms. The fraction of sp³-hybridized carbons (Fsp3) is 0.105. The topological polar surface area (TPSA) is 84.5 Å². The van der Waals surface area contributed by atoms with Gasteiger partial charge in [-0.3, -0.25) is 9.59 Å². The van der Waals surface area contributed by atoms with Gasteiger partial charge in [0.05, 0.1) is 4.88 Å². The molecule has 0 radical (unpaired) electrons. The number of likely N-dealkylation sites (N-methyl/N-ethyl adjacent to an activating group) is 1. The number of hydrogen-bond donors (Lipinski definition) is 2.